The second kappa shape index (κ2) is 9.19. The van der Waals surface area contributed by atoms with Gasteiger partial charge in [0.25, 0.3) is 5.91 Å². The molecule has 168 valence electrons. The molecule has 0 aromatic carbocycles. The third-order valence-corrected chi connectivity index (χ3v) is 5.80. The van der Waals surface area contributed by atoms with E-state index in [1.54, 1.807) is 0 Å². The first-order valence-electron chi connectivity index (χ1n) is 10.9. The number of fused-ring (bicyclic) bond motifs is 1. The van der Waals surface area contributed by atoms with Crippen molar-refractivity contribution < 1.29 is 19.4 Å². The molecule has 0 unspecified atom stereocenters. The normalized spacial score (nSPS) is 19.9. The second-order valence-corrected chi connectivity index (χ2v) is 8.23. The van der Waals surface area contributed by atoms with E-state index in [-0.39, 0.29) is 18.0 Å². The zero-order valence-electron chi connectivity index (χ0n) is 18.0. The number of carboxylic acid groups (broad SMARTS) is 1. The summed E-state index contributed by atoms with van der Waals surface area (Å²) in [6.45, 7) is 6.65. The average molecular weight is 431 g/mol. The SMILES string of the molecule is Cc1ccc2c([C@@H](C)N(C(=O)[C@H]3CNCCO3)C3CC3)nn(CCCNC(=O)O)c2n1. The highest BCUT2D eigenvalue weighted by molar-refractivity contribution is 5.84. The molecule has 31 heavy (non-hydrogen) atoms. The molecule has 2 atom stereocenters. The molecule has 10 nitrogen and oxygen atoms in total. The molecule has 2 amide bonds. The smallest absolute Gasteiger partial charge is 0.404 e. The summed E-state index contributed by atoms with van der Waals surface area (Å²) in [6.07, 6.45) is 1.08. The van der Waals surface area contributed by atoms with Crippen LogP contribution in [0.4, 0.5) is 4.79 Å². The molecule has 2 aromatic rings. The quantitative estimate of drug-likeness (QED) is 0.542. The number of amides is 2. The highest BCUT2D eigenvalue weighted by Crippen LogP contribution is 2.37. The average Bonchev–Trinajstić information content (AvgIpc) is 3.53. The third-order valence-electron chi connectivity index (χ3n) is 5.80. The Balaban J connectivity index is 1.60. The fourth-order valence-electron chi connectivity index (χ4n) is 4.12. The van der Waals surface area contributed by atoms with E-state index in [1.165, 1.54) is 0 Å². The van der Waals surface area contributed by atoms with Crippen LogP contribution in [0.1, 0.15) is 43.6 Å². The number of rotatable bonds is 8. The summed E-state index contributed by atoms with van der Waals surface area (Å²) in [5, 5.41) is 20.1. The van der Waals surface area contributed by atoms with Gasteiger partial charge in [-0.1, -0.05) is 0 Å². The number of aryl methyl sites for hydroxylation is 2. The van der Waals surface area contributed by atoms with Gasteiger partial charge in [-0.3, -0.25) is 4.79 Å². The zero-order chi connectivity index (χ0) is 22.0. The number of morpholine rings is 1. The minimum Gasteiger partial charge on any atom is -0.465 e. The van der Waals surface area contributed by atoms with E-state index >= 15 is 0 Å². The first kappa shape index (κ1) is 21.5. The maximum atomic E-state index is 13.3. The minimum absolute atomic E-state index is 0.00984. The van der Waals surface area contributed by atoms with Crippen LogP contribution in [-0.2, 0) is 16.1 Å². The van der Waals surface area contributed by atoms with E-state index in [0.717, 1.165) is 41.8 Å². The van der Waals surface area contributed by atoms with Gasteiger partial charge in [0.15, 0.2) is 5.65 Å². The molecule has 1 saturated carbocycles. The molecule has 0 radical (unpaired) electrons. The number of pyridine rings is 1. The van der Waals surface area contributed by atoms with Crippen LogP contribution < -0.4 is 10.6 Å². The largest absolute Gasteiger partial charge is 0.465 e. The van der Waals surface area contributed by atoms with E-state index in [2.05, 4.69) is 15.6 Å². The van der Waals surface area contributed by atoms with Gasteiger partial charge in [0, 0.05) is 43.3 Å². The predicted molar refractivity (Wildman–Crippen MR) is 114 cm³/mol. The van der Waals surface area contributed by atoms with Crippen LogP contribution in [0.5, 0.6) is 0 Å². The van der Waals surface area contributed by atoms with Crippen LogP contribution in [0, 0.1) is 6.92 Å². The summed E-state index contributed by atoms with van der Waals surface area (Å²) in [5.74, 6) is 0.00984. The Kier molecular flexibility index (Phi) is 6.38. The van der Waals surface area contributed by atoms with E-state index in [4.69, 9.17) is 14.9 Å². The van der Waals surface area contributed by atoms with Crippen molar-refractivity contribution in [3.8, 4) is 0 Å². The Bertz CT molecular complexity index is 951. The number of carbonyl (C=O) groups is 2. The lowest BCUT2D eigenvalue weighted by Crippen LogP contribution is -2.50. The van der Waals surface area contributed by atoms with Crippen molar-refractivity contribution in [3.63, 3.8) is 0 Å². The highest BCUT2D eigenvalue weighted by atomic mass is 16.5. The molecule has 0 spiro atoms. The van der Waals surface area contributed by atoms with Crippen molar-refractivity contribution in [1.29, 1.82) is 0 Å². The Labute approximate surface area is 180 Å². The van der Waals surface area contributed by atoms with E-state index in [0.29, 0.717) is 32.7 Å². The second-order valence-electron chi connectivity index (χ2n) is 8.23. The molecule has 1 saturated heterocycles. The lowest BCUT2D eigenvalue weighted by Gasteiger charge is -2.33. The van der Waals surface area contributed by atoms with Crippen LogP contribution in [0.2, 0.25) is 0 Å². The molecular weight excluding hydrogens is 400 g/mol. The number of nitrogens with zero attached hydrogens (tertiary/aromatic N) is 4. The summed E-state index contributed by atoms with van der Waals surface area (Å²) in [4.78, 5) is 30.6. The van der Waals surface area contributed by atoms with Crippen molar-refractivity contribution in [3.05, 3.63) is 23.5 Å². The van der Waals surface area contributed by atoms with Crippen molar-refractivity contribution in [2.75, 3.05) is 26.2 Å². The van der Waals surface area contributed by atoms with Crippen LogP contribution in [0.3, 0.4) is 0 Å². The number of nitrogens with one attached hydrogen (secondary N) is 2. The van der Waals surface area contributed by atoms with Crippen LogP contribution in [0.25, 0.3) is 11.0 Å². The van der Waals surface area contributed by atoms with Crippen LogP contribution in [-0.4, -0.2) is 75.2 Å². The maximum Gasteiger partial charge on any atom is 0.404 e. The molecule has 1 aliphatic heterocycles. The molecule has 10 heteroatoms. The van der Waals surface area contributed by atoms with Crippen molar-refractivity contribution in [2.24, 2.45) is 0 Å². The number of aromatic nitrogens is 3. The van der Waals surface area contributed by atoms with Gasteiger partial charge in [-0.2, -0.15) is 5.10 Å². The van der Waals surface area contributed by atoms with Gasteiger partial charge >= 0.3 is 6.09 Å². The molecule has 0 bridgehead atoms. The highest BCUT2D eigenvalue weighted by Gasteiger charge is 2.41. The van der Waals surface area contributed by atoms with Gasteiger partial charge in [-0.05, 0) is 45.2 Å². The lowest BCUT2D eigenvalue weighted by atomic mass is 10.1. The van der Waals surface area contributed by atoms with Gasteiger partial charge in [-0.25, -0.2) is 14.5 Å². The molecule has 3 heterocycles. The summed E-state index contributed by atoms with van der Waals surface area (Å²) in [6, 6.07) is 3.97. The minimum atomic E-state index is -1.04. The van der Waals surface area contributed by atoms with E-state index in [9.17, 15) is 9.59 Å². The molecule has 3 N–H and O–H groups in total. The van der Waals surface area contributed by atoms with E-state index < -0.39 is 12.2 Å². The monoisotopic (exact) mass is 430 g/mol. The standard InChI is InChI=1S/C21H30N6O4/c1-13-4-7-16-18(25-26(19(16)24-13)10-3-8-23-21(29)30)14(2)27(15-5-6-15)20(28)17-12-22-9-11-31-17/h4,7,14-15,17,22-23H,3,5-6,8-12H2,1-2H3,(H,29,30)/t14-,17-/m1/s1. The number of hydrogen-bond acceptors (Lipinski definition) is 6. The topological polar surface area (TPSA) is 122 Å². The van der Waals surface area contributed by atoms with Crippen molar-refractivity contribution >= 4 is 23.0 Å². The fraction of sp³-hybridized carbons (Fsp3) is 0.619. The molecule has 2 fully saturated rings. The predicted octanol–water partition coefficient (Wildman–Crippen LogP) is 1.44. The first-order chi connectivity index (χ1) is 15.0. The molecule has 2 aliphatic rings. The van der Waals surface area contributed by atoms with Crippen LogP contribution >= 0.6 is 0 Å². The molecule has 1 aliphatic carbocycles. The molecule has 4 rings (SSSR count). The van der Waals surface area contributed by atoms with Gasteiger partial charge < -0.3 is 25.4 Å². The zero-order valence-corrected chi connectivity index (χ0v) is 18.0. The summed E-state index contributed by atoms with van der Waals surface area (Å²) < 4.78 is 7.56. The summed E-state index contributed by atoms with van der Waals surface area (Å²) in [5.41, 5.74) is 2.46. The number of ether oxygens (including phenoxy) is 1. The lowest BCUT2D eigenvalue weighted by molar-refractivity contribution is -0.148. The summed E-state index contributed by atoms with van der Waals surface area (Å²) in [7, 11) is 0. The first-order valence-corrected chi connectivity index (χ1v) is 10.9. The van der Waals surface area contributed by atoms with Gasteiger partial charge in [0.05, 0.1) is 18.3 Å². The third kappa shape index (κ3) is 4.80. The Morgan fingerprint density at radius 1 is 1.42 bits per heavy atom. The van der Waals surface area contributed by atoms with Crippen LogP contribution in [0.15, 0.2) is 12.1 Å². The van der Waals surface area contributed by atoms with Crippen molar-refractivity contribution in [1.82, 2.24) is 30.3 Å². The van der Waals surface area contributed by atoms with Gasteiger partial charge in [-0.15, -0.1) is 0 Å². The molecule has 2 aromatic heterocycles. The Hall–Kier alpha value is -2.72. The fourth-order valence-corrected chi connectivity index (χ4v) is 4.12. The number of hydrogen-bond donors (Lipinski definition) is 3. The summed E-state index contributed by atoms with van der Waals surface area (Å²) >= 11 is 0. The van der Waals surface area contributed by atoms with E-state index in [1.807, 2.05) is 35.6 Å². The molecular formula is C21H30N6O4. The number of carbonyl (C=O) groups excluding carboxylic acids is 1. The Morgan fingerprint density at radius 3 is 2.90 bits per heavy atom. The maximum absolute atomic E-state index is 13.3. The van der Waals surface area contributed by atoms with Gasteiger partial charge in [0.2, 0.25) is 0 Å². The van der Waals surface area contributed by atoms with Crippen molar-refractivity contribution in [2.45, 2.75) is 57.8 Å². The van der Waals surface area contributed by atoms with Gasteiger partial charge in [0.1, 0.15) is 6.10 Å². The Morgan fingerprint density at radius 2 is 2.23 bits per heavy atom.